The summed E-state index contributed by atoms with van der Waals surface area (Å²) in [6, 6.07) is 14.1. The number of carbonyl (C=O) groups excluding carboxylic acids is 2. The van der Waals surface area contributed by atoms with Crippen molar-refractivity contribution in [3.8, 4) is 16.9 Å². The highest BCUT2D eigenvalue weighted by Crippen LogP contribution is 2.38. The highest BCUT2D eigenvalue weighted by molar-refractivity contribution is 9.10. The average molecular weight is 455 g/mol. The van der Waals surface area contributed by atoms with Gasteiger partial charge in [-0.25, -0.2) is 4.68 Å². The van der Waals surface area contributed by atoms with Gasteiger partial charge in [-0.1, -0.05) is 28.1 Å². The van der Waals surface area contributed by atoms with Crippen LogP contribution in [0.1, 0.15) is 18.2 Å². The summed E-state index contributed by atoms with van der Waals surface area (Å²) < 4.78 is 7.74. The molecule has 1 atom stereocenters. The summed E-state index contributed by atoms with van der Waals surface area (Å²) in [5, 5.41) is 10.2. The maximum absolute atomic E-state index is 12.5. The summed E-state index contributed by atoms with van der Waals surface area (Å²) in [5.41, 5.74) is 3.22. The summed E-state index contributed by atoms with van der Waals surface area (Å²) in [7, 11) is 1.61. The number of rotatable bonds is 5. The van der Waals surface area contributed by atoms with Gasteiger partial charge in [0.05, 0.1) is 19.2 Å². The summed E-state index contributed by atoms with van der Waals surface area (Å²) >= 11 is 3.36. The molecule has 1 aliphatic heterocycles. The highest BCUT2D eigenvalue weighted by Gasteiger charge is 2.36. The van der Waals surface area contributed by atoms with Crippen LogP contribution < -0.4 is 15.4 Å². The molecule has 148 valence electrons. The second kappa shape index (κ2) is 7.71. The molecule has 29 heavy (non-hydrogen) atoms. The molecule has 1 aromatic heterocycles. The molecule has 4 rings (SSSR count). The molecule has 0 saturated heterocycles. The molecular formula is C21H19BrN4O3. The van der Waals surface area contributed by atoms with E-state index in [1.807, 2.05) is 43.3 Å². The Bertz CT molecular complexity index is 1070. The zero-order chi connectivity index (χ0) is 20.5. The van der Waals surface area contributed by atoms with E-state index in [1.54, 1.807) is 23.9 Å². The SMILES string of the molecule is COc1ccc(-c2c(C)nn3c2NC(=O)C3CC(=O)Nc2ccc(Br)cc2)cc1. The third kappa shape index (κ3) is 3.75. The molecule has 8 heteroatoms. The van der Waals surface area contributed by atoms with Crippen molar-refractivity contribution in [2.24, 2.45) is 0 Å². The third-order valence-electron chi connectivity index (χ3n) is 4.81. The van der Waals surface area contributed by atoms with E-state index in [0.29, 0.717) is 11.5 Å². The van der Waals surface area contributed by atoms with Crippen LogP contribution in [0.15, 0.2) is 53.0 Å². The number of hydrogen-bond donors (Lipinski definition) is 2. The Morgan fingerprint density at radius 1 is 1.21 bits per heavy atom. The number of carbonyl (C=O) groups is 2. The Morgan fingerprint density at radius 2 is 1.90 bits per heavy atom. The van der Waals surface area contributed by atoms with Crippen molar-refractivity contribution >= 4 is 39.2 Å². The molecule has 2 heterocycles. The van der Waals surface area contributed by atoms with Crippen LogP contribution in [0, 0.1) is 6.92 Å². The van der Waals surface area contributed by atoms with E-state index in [9.17, 15) is 9.59 Å². The molecule has 0 spiro atoms. The van der Waals surface area contributed by atoms with Crippen molar-refractivity contribution in [3.63, 3.8) is 0 Å². The zero-order valence-corrected chi connectivity index (χ0v) is 17.5. The first-order valence-electron chi connectivity index (χ1n) is 9.06. The maximum atomic E-state index is 12.5. The van der Waals surface area contributed by atoms with Gasteiger partial charge in [-0.05, 0) is 48.9 Å². The van der Waals surface area contributed by atoms with Gasteiger partial charge >= 0.3 is 0 Å². The van der Waals surface area contributed by atoms with Crippen molar-refractivity contribution < 1.29 is 14.3 Å². The molecule has 0 saturated carbocycles. The average Bonchev–Trinajstić information content (AvgIpc) is 3.17. The molecule has 2 N–H and O–H groups in total. The van der Waals surface area contributed by atoms with Crippen LogP contribution in [-0.2, 0) is 9.59 Å². The monoisotopic (exact) mass is 454 g/mol. The van der Waals surface area contributed by atoms with E-state index in [4.69, 9.17) is 4.74 Å². The Balaban J connectivity index is 1.56. The molecule has 0 aliphatic carbocycles. The Hall–Kier alpha value is -3.13. The van der Waals surface area contributed by atoms with Gasteiger partial charge in [0.15, 0.2) is 0 Å². The Morgan fingerprint density at radius 3 is 2.55 bits per heavy atom. The van der Waals surface area contributed by atoms with Crippen LogP contribution in [-0.4, -0.2) is 28.7 Å². The molecule has 0 bridgehead atoms. The fraction of sp³-hybridized carbons (Fsp3) is 0.190. The van der Waals surface area contributed by atoms with Gasteiger partial charge in [0.2, 0.25) is 5.91 Å². The van der Waals surface area contributed by atoms with Crippen LogP contribution in [0.4, 0.5) is 11.5 Å². The second-order valence-corrected chi connectivity index (χ2v) is 7.66. The van der Waals surface area contributed by atoms with Crippen LogP contribution in [0.5, 0.6) is 5.75 Å². The van der Waals surface area contributed by atoms with Gasteiger partial charge in [0, 0.05) is 15.7 Å². The minimum Gasteiger partial charge on any atom is -0.497 e. The number of nitrogens with one attached hydrogen (secondary N) is 2. The number of halogens is 1. The highest BCUT2D eigenvalue weighted by atomic mass is 79.9. The van der Waals surface area contributed by atoms with E-state index < -0.39 is 6.04 Å². The molecule has 0 radical (unpaired) electrons. The number of anilines is 2. The molecule has 2 amide bonds. The van der Waals surface area contributed by atoms with Gasteiger partial charge in [-0.2, -0.15) is 5.10 Å². The number of benzene rings is 2. The summed E-state index contributed by atoms with van der Waals surface area (Å²) in [6.07, 6.45) is -0.00191. The summed E-state index contributed by atoms with van der Waals surface area (Å²) in [5.74, 6) is 0.869. The van der Waals surface area contributed by atoms with Gasteiger partial charge in [0.25, 0.3) is 5.91 Å². The number of nitrogens with zero attached hydrogens (tertiary/aromatic N) is 2. The molecule has 3 aromatic rings. The van der Waals surface area contributed by atoms with Crippen LogP contribution >= 0.6 is 15.9 Å². The molecular weight excluding hydrogens is 436 g/mol. The molecule has 0 fully saturated rings. The lowest BCUT2D eigenvalue weighted by atomic mass is 10.1. The van der Waals surface area contributed by atoms with E-state index in [1.165, 1.54) is 0 Å². The minimum atomic E-state index is -0.689. The number of ether oxygens (including phenoxy) is 1. The molecule has 1 unspecified atom stereocenters. The zero-order valence-electron chi connectivity index (χ0n) is 15.9. The van der Waals surface area contributed by atoms with Crippen molar-refractivity contribution in [1.82, 2.24) is 9.78 Å². The van der Waals surface area contributed by atoms with Crippen LogP contribution in [0.25, 0.3) is 11.1 Å². The number of hydrogen-bond acceptors (Lipinski definition) is 4. The molecule has 1 aliphatic rings. The van der Waals surface area contributed by atoms with Crippen molar-refractivity contribution in [1.29, 1.82) is 0 Å². The lowest BCUT2D eigenvalue weighted by Crippen LogP contribution is -2.23. The first-order chi connectivity index (χ1) is 14.0. The number of aryl methyl sites for hydroxylation is 1. The largest absolute Gasteiger partial charge is 0.497 e. The van der Waals surface area contributed by atoms with Crippen LogP contribution in [0.3, 0.4) is 0 Å². The molecule has 2 aromatic carbocycles. The van der Waals surface area contributed by atoms with E-state index in [0.717, 1.165) is 27.0 Å². The predicted octanol–water partition coefficient (Wildman–Crippen LogP) is 4.15. The number of methoxy groups -OCH3 is 1. The topological polar surface area (TPSA) is 85.2 Å². The standard InChI is InChI=1S/C21H19BrN4O3/c1-12-19(13-3-9-16(29-2)10-4-13)20-24-21(28)17(26(20)25-12)11-18(27)23-15-7-5-14(22)6-8-15/h3-10,17H,11H2,1-2H3,(H,23,27)(H,24,28). The number of amides is 2. The number of aromatic nitrogens is 2. The van der Waals surface area contributed by atoms with Crippen molar-refractivity contribution in [3.05, 3.63) is 58.7 Å². The lowest BCUT2D eigenvalue weighted by Gasteiger charge is -2.10. The molecule has 7 nitrogen and oxygen atoms in total. The summed E-state index contributed by atoms with van der Waals surface area (Å²) in [6.45, 7) is 1.88. The lowest BCUT2D eigenvalue weighted by molar-refractivity contribution is -0.123. The van der Waals surface area contributed by atoms with Crippen LogP contribution in [0.2, 0.25) is 0 Å². The van der Waals surface area contributed by atoms with Crippen molar-refractivity contribution in [2.75, 3.05) is 17.7 Å². The van der Waals surface area contributed by atoms with Crippen molar-refractivity contribution in [2.45, 2.75) is 19.4 Å². The van der Waals surface area contributed by atoms with Gasteiger partial charge in [-0.3, -0.25) is 9.59 Å². The Labute approximate surface area is 176 Å². The number of fused-ring (bicyclic) bond motifs is 1. The predicted molar refractivity (Wildman–Crippen MR) is 114 cm³/mol. The first-order valence-corrected chi connectivity index (χ1v) is 9.85. The van der Waals surface area contributed by atoms with E-state index in [2.05, 4.69) is 31.7 Å². The first kappa shape index (κ1) is 19.2. The third-order valence-corrected chi connectivity index (χ3v) is 5.34. The Kier molecular flexibility index (Phi) is 5.10. The summed E-state index contributed by atoms with van der Waals surface area (Å²) in [4.78, 5) is 25.0. The van der Waals surface area contributed by atoms with E-state index >= 15 is 0 Å². The quantitative estimate of drug-likeness (QED) is 0.606. The fourth-order valence-electron chi connectivity index (χ4n) is 3.41. The second-order valence-electron chi connectivity index (χ2n) is 6.75. The van der Waals surface area contributed by atoms with Gasteiger partial charge < -0.3 is 15.4 Å². The maximum Gasteiger partial charge on any atom is 0.251 e. The van der Waals surface area contributed by atoms with E-state index in [-0.39, 0.29) is 18.2 Å². The van der Waals surface area contributed by atoms with Gasteiger partial charge in [0.1, 0.15) is 17.6 Å². The fourth-order valence-corrected chi connectivity index (χ4v) is 3.67. The minimum absolute atomic E-state index is 0.00191. The smallest absolute Gasteiger partial charge is 0.251 e. The normalized spacial score (nSPS) is 15.0. The van der Waals surface area contributed by atoms with Gasteiger partial charge in [-0.15, -0.1) is 0 Å².